The molecule has 0 aliphatic rings. The van der Waals surface area contributed by atoms with E-state index in [-0.39, 0.29) is 0 Å². The molecule has 55 heavy (non-hydrogen) atoms. The van der Waals surface area contributed by atoms with Crippen molar-refractivity contribution < 1.29 is 0 Å². The Labute approximate surface area is 321 Å². The van der Waals surface area contributed by atoms with Crippen molar-refractivity contribution in [3.05, 3.63) is 194 Å². The van der Waals surface area contributed by atoms with E-state index in [4.69, 9.17) is 0 Å². The van der Waals surface area contributed by atoms with Gasteiger partial charge in [0.1, 0.15) is 0 Å². The smallest absolute Gasteiger partial charge is 0.0726 e. The van der Waals surface area contributed by atoms with Crippen molar-refractivity contribution in [3.63, 3.8) is 0 Å². The molecule has 12 aromatic rings. The molecular weight excluding hydrogens is 685 g/mol. The van der Waals surface area contributed by atoms with Crippen LogP contribution in [-0.2, 0) is 0 Å². The van der Waals surface area contributed by atoms with Gasteiger partial charge in [0.25, 0.3) is 0 Å². The number of benzene rings is 9. The van der Waals surface area contributed by atoms with Crippen LogP contribution in [0.15, 0.2) is 194 Å². The fourth-order valence-corrected chi connectivity index (χ4v) is 10.3. The zero-order valence-corrected chi connectivity index (χ0v) is 30.6. The van der Waals surface area contributed by atoms with Crippen LogP contribution in [0.1, 0.15) is 0 Å². The van der Waals surface area contributed by atoms with E-state index in [0.29, 0.717) is 0 Å². The van der Waals surface area contributed by atoms with Gasteiger partial charge in [-0.25, -0.2) is 0 Å². The normalized spacial score (nSPS) is 12.0. The van der Waals surface area contributed by atoms with E-state index in [1.54, 1.807) is 0 Å². The fraction of sp³-hybridized carbons (Fsp3) is 0. The van der Waals surface area contributed by atoms with Gasteiger partial charge in [-0.15, -0.1) is 11.3 Å². The third-order valence-electron chi connectivity index (χ3n) is 11.5. The van der Waals surface area contributed by atoms with E-state index in [1.807, 2.05) is 11.3 Å². The quantitative estimate of drug-likeness (QED) is 0.172. The first-order valence-corrected chi connectivity index (χ1v) is 19.7. The minimum Gasteiger partial charge on any atom is -0.309 e. The van der Waals surface area contributed by atoms with Crippen molar-refractivity contribution in [2.24, 2.45) is 0 Å². The van der Waals surface area contributed by atoms with Crippen LogP contribution in [0.25, 0.3) is 108 Å². The molecule has 0 amide bonds. The molecule has 0 aliphatic carbocycles. The summed E-state index contributed by atoms with van der Waals surface area (Å²) in [6.07, 6.45) is 0. The molecule has 3 aromatic heterocycles. The highest BCUT2D eigenvalue weighted by Crippen LogP contribution is 2.48. The maximum atomic E-state index is 2.54. The Morgan fingerprint density at radius 1 is 0.364 bits per heavy atom. The van der Waals surface area contributed by atoms with Gasteiger partial charge in [-0.05, 0) is 82.2 Å². The summed E-state index contributed by atoms with van der Waals surface area (Å²) in [6, 6.07) is 71.4. The van der Waals surface area contributed by atoms with Crippen molar-refractivity contribution in [2.45, 2.75) is 0 Å². The summed E-state index contributed by atoms with van der Waals surface area (Å²) in [4.78, 5) is 0. The van der Waals surface area contributed by atoms with Crippen molar-refractivity contribution in [1.29, 1.82) is 0 Å². The van der Waals surface area contributed by atoms with Crippen LogP contribution in [0.5, 0.6) is 0 Å². The predicted molar refractivity (Wildman–Crippen MR) is 236 cm³/mol. The first-order chi connectivity index (χ1) is 27.3. The third kappa shape index (κ3) is 4.48. The van der Waals surface area contributed by atoms with Crippen LogP contribution in [0.2, 0.25) is 0 Å². The van der Waals surface area contributed by atoms with Crippen LogP contribution < -0.4 is 0 Å². The second-order valence-electron chi connectivity index (χ2n) is 14.5. The van der Waals surface area contributed by atoms with Gasteiger partial charge in [-0.2, -0.15) is 0 Å². The number of rotatable bonds is 4. The molecule has 3 heterocycles. The third-order valence-corrected chi connectivity index (χ3v) is 12.7. The van der Waals surface area contributed by atoms with Gasteiger partial charge in [0, 0.05) is 48.1 Å². The van der Waals surface area contributed by atoms with E-state index in [0.717, 1.165) is 5.69 Å². The molecule has 0 atom stereocenters. The molecule has 12 rings (SSSR count). The highest BCUT2D eigenvalue weighted by atomic mass is 32.1. The summed E-state index contributed by atoms with van der Waals surface area (Å²) < 4.78 is 7.60. The lowest BCUT2D eigenvalue weighted by atomic mass is 9.95. The van der Waals surface area contributed by atoms with Crippen LogP contribution >= 0.6 is 11.3 Å². The molecule has 0 saturated carbocycles. The number of fused-ring (bicyclic) bond motifs is 11. The number of para-hydroxylation sites is 2. The standard InChI is InChI=1S/C52H32N2S/c1-2-14-33(15-3-1)35-18-12-19-37(30-35)53-46-24-9-6-21-39(46)43-31-36(28-29-48(43)53)42-32-44-40-22-8-11-27-49(40)55-52(44)51-50(42)41-23-7-10-25-47(41)54(51)45-26-13-17-34-16-4-5-20-38(34)45/h1-32H. The molecule has 0 N–H and O–H groups in total. The molecule has 0 unspecified atom stereocenters. The maximum Gasteiger partial charge on any atom is 0.0726 e. The molecule has 2 nitrogen and oxygen atoms in total. The molecule has 0 bridgehead atoms. The first kappa shape index (κ1) is 30.5. The lowest BCUT2D eigenvalue weighted by Gasteiger charge is -2.13. The van der Waals surface area contributed by atoms with Crippen LogP contribution in [-0.4, -0.2) is 9.13 Å². The Bertz CT molecular complexity index is 3480. The SMILES string of the molecule is c1ccc(-c2cccc(-n3c4ccccc4c4cc(-c5cc6c7ccccc7sc6c6c5c5ccccc5n6-c5cccc6ccccc56)ccc43)c2)cc1. The van der Waals surface area contributed by atoms with Crippen molar-refractivity contribution >= 4 is 85.9 Å². The van der Waals surface area contributed by atoms with Crippen molar-refractivity contribution in [2.75, 3.05) is 0 Å². The molecule has 3 heteroatoms. The van der Waals surface area contributed by atoms with E-state index in [1.165, 1.54) is 102 Å². The molecule has 9 aromatic carbocycles. The highest BCUT2D eigenvalue weighted by molar-refractivity contribution is 7.26. The predicted octanol–water partition coefficient (Wildman–Crippen LogP) is 14.7. The molecular formula is C52H32N2S. The molecule has 0 radical (unpaired) electrons. The summed E-state index contributed by atoms with van der Waals surface area (Å²) in [5.41, 5.74) is 12.2. The lowest BCUT2D eigenvalue weighted by Crippen LogP contribution is -1.95. The topological polar surface area (TPSA) is 9.86 Å². The summed E-state index contributed by atoms with van der Waals surface area (Å²) in [5.74, 6) is 0. The number of aromatic nitrogens is 2. The number of thiophene rings is 1. The first-order valence-electron chi connectivity index (χ1n) is 18.9. The molecule has 256 valence electrons. The summed E-state index contributed by atoms with van der Waals surface area (Å²) >= 11 is 1.91. The van der Waals surface area contributed by atoms with E-state index >= 15 is 0 Å². The van der Waals surface area contributed by atoms with E-state index < -0.39 is 0 Å². The second kappa shape index (κ2) is 11.8. The Kier molecular flexibility index (Phi) is 6.54. The number of hydrogen-bond acceptors (Lipinski definition) is 1. The number of hydrogen-bond donors (Lipinski definition) is 0. The van der Waals surface area contributed by atoms with Gasteiger partial charge in [-0.3, -0.25) is 0 Å². The second-order valence-corrected chi connectivity index (χ2v) is 15.5. The van der Waals surface area contributed by atoms with E-state index in [2.05, 4.69) is 203 Å². The molecule has 0 spiro atoms. The fourth-order valence-electron chi connectivity index (χ4n) is 9.08. The molecule has 0 saturated heterocycles. The average molecular weight is 717 g/mol. The van der Waals surface area contributed by atoms with Crippen LogP contribution in [0.4, 0.5) is 0 Å². The van der Waals surface area contributed by atoms with Gasteiger partial charge in [0.2, 0.25) is 0 Å². The number of nitrogens with zero attached hydrogens (tertiary/aromatic N) is 2. The van der Waals surface area contributed by atoms with Crippen LogP contribution in [0, 0.1) is 0 Å². The van der Waals surface area contributed by atoms with E-state index in [9.17, 15) is 0 Å². The monoisotopic (exact) mass is 716 g/mol. The van der Waals surface area contributed by atoms with Crippen molar-refractivity contribution in [1.82, 2.24) is 9.13 Å². The van der Waals surface area contributed by atoms with Crippen molar-refractivity contribution in [3.8, 4) is 33.6 Å². The molecule has 0 aliphatic heterocycles. The Balaban J connectivity index is 1.18. The summed E-state index contributed by atoms with van der Waals surface area (Å²) in [6.45, 7) is 0. The minimum absolute atomic E-state index is 1.16. The zero-order chi connectivity index (χ0) is 36.0. The Hall–Kier alpha value is -6.94. The largest absolute Gasteiger partial charge is 0.309 e. The van der Waals surface area contributed by atoms with Gasteiger partial charge in [0.05, 0.1) is 32.5 Å². The van der Waals surface area contributed by atoms with Gasteiger partial charge in [-0.1, -0.05) is 140 Å². The maximum absolute atomic E-state index is 2.54. The molecule has 0 fully saturated rings. The summed E-state index contributed by atoms with van der Waals surface area (Å²) in [7, 11) is 0. The minimum atomic E-state index is 1.16. The zero-order valence-electron chi connectivity index (χ0n) is 29.8. The van der Waals surface area contributed by atoms with Gasteiger partial charge in [0.15, 0.2) is 0 Å². The van der Waals surface area contributed by atoms with Gasteiger partial charge >= 0.3 is 0 Å². The highest BCUT2D eigenvalue weighted by Gasteiger charge is 2.23. The Morgan fingerprint density at radius 3 is 1.89 bits per heavy atom. The van der Waals surface area contributed by atoms with Gasteiger partial charge < -0.3 is 9.13 Å². The average Bonchev–Trinajstić information content (AvgIpc) is 3.91. The Morgan fingerprint density at radius 2 is 1.02 bits per heavy atom. The van der Waals surface area contributed by atoms with Crippen LogP contribution in [0.3, 0.4) is 0 Å². The lowest BCUT2D eigenvalue weighted by molar-refractivity contribution is 1.18. The summed E-state index contributed by atoms with van der Waals surface area (Å²) in [5, 5.41) is 10.1.